The minimum Gasteiger partial charge on any atom is -0.497 e. The van der Waals surface area contributed by atoms with Gasteiger partial charge in [0.25, 0.3) is 0 Å². The van der Waals surface area contributed by atoms with Crippen molar-refractivity contribution in [1.29, 1.82) is 5.26 Å². The lowest BCUT2D eigenvalue weighted by molar-refractivity contribution is 0.415. The third-order valence-corrected chi connectivity index (χ3v) is 4.93. The molecule has 0 saturated heterocycles. The Hall–Kier alpha value is -3.30. The summed E-state index contributed by atoms with van der Waals surface area (Å²) in [6, 6.07) is 19.7. The molecule has 0 aliphatic carbocycles. The van der Waals surface area contributed by atoms with E-state index >= 15 is 0 Å². The largest absolute Gasteiger partial charge is 0.497 e. The number of methoxy groups -OCH3 is 1. The Morgan fingerprint density at radius 1 is 1.04 bits per heavy atom. The average molecular weight is 372 g/mol. The molecule has 27 heavy (non-hydrogen) atoms. The van der Waals surface area contributed by atoms with E-state index < -0.39 is 0 Å². The highest BCUT2D eigenvalue weighted by Crippen LogP contribution is 2.36. The van der Waals surface area contributed by atoms with E-state index in [1.165, 1.54) is 0 Å². The molecule has 0 radical (unpaired) electrons. The molecule has 0 spiro atoms. The molecule has 0 saturated carbocycles. The topological polar surface area (TPSA) is 63.2 Å². The highest BCUT2D eigenvalue weighted by molar-refractivity contribution is 8.04. The van der Waals surface area contributed by atoms with Crippen LogP contribution in [0.25, 0.3) is 28.2 Å². The third kappa shape index (κ3) is 3.14. The van der Waals surface area contributed by atoms with Gasteiger partial charge in [-0.2, -0.15) is 10.4 Å². The first-order valence-corrected chi connectivity index (χ1v) is 9.19. The van der Waals surface area contributed by atoms with Gasteiger partial charge in [0, 0.05) is 16.8 Å². The first-order valence-electron chi connectivity index (χ1n) is 8.37. The van der Waals surface area contributed by atoms with Gasteiger partial charge in [0.2, 0.25) is 0 Å². The van der Waals surface area contributed by atoms with E-state index in [-0.39, 0.29) is 0 Å². The second-order valence-electron chi connectivity index (χ2n) is 5.98. The Morgan fingerprint density at radius 2 is 1.78 bits per heavy atom. The molecule has 132 valence electrons. The number of rotatable bonds is 4. The number of thioether (sulfide) groups is 1. The Morgan fingerprint density at radius 3 is 2.44 bits per heavy atom. The summed E-state index contributed by atoms with van der Waals surface area (Å²) < 4.78 is 7.06. The molecular weight excluding hydrogens is 356 g/mol. The fourth-order valence-corrected chi connectivity index (χ4v) is 3.58. The molecule has 2 aromatic heterocycles. The second-order valence-corrected chi connectivity index (χ2v) is 6.78. The number of aromatic nitrogens is 3. The number of benzene rings is 2. The van der Waals surface area contributed by atoms with Gasteiger partial charge in [0.1, 0.15) is 16.8 Å². The first-order chi connectivity index (χ1) is 13.2. The van der Waals surface area contributed by atoms with Crippen LogP contribution in [0.2, 0.25) is 0 Å². The first kappa shape index (κ1) is 17.1. The summed E-state index contributed by atoms with van der Waals surface area (Å²) in [5.74, 6) is 0.774. The summed E-state index contributed by atoms with van der Waals surface area (Å²) >= 11 is 1.08. The van der Waals surface area contributed by atoms with Crippen molar-refractivity contribution in [3.63, 3.8) is 0 Å². The van der Waals surface area contributed by atoms with Crippen LogP contribution in [0.5, 0.6) is 5.75 Å². The van der Waals surface area contributed by atoms with Crippen LogP contribution in [0.3, 0.4) is 0 Å². The fraction of sp³-hybridized carbons (Fsp3) is 0.0952. The molecule has 4 rings (SSSR count). The molecule has 0 N–H and O–H groups in total. The van der Waals surface area contributed by atoms with E-state index in [1.807, 2.05) is 72.1 Å². The molecule has 0 fully saturated rings. The summed E-state index contributed by atoms with van der Waals surface area (Å²) in [5.41, 5.74) is 5.20. The number of aryl methyl sites for hydroxylation is 1. The number of ether oxygens (including phenoxy) is 1. The van der Waals surface area contributed by atoms with Crippen LogP contribution < -0.4 is 4.74 Å². The van der Waals surface area contributed by atoms with Gasteiger partial charge in [-0.1, -0.05) is 30.3 Å². The summed E-state index contributed by atoms with van der Waals surface area (Å²) in [6.07, 6.45) is 0. The minimum absolute atomic E-state index is 0.686. The van der Waals surface area contributed by atoms with Crippen molar-refractivity contribution in [1.82, 2.24) is 14.6 Å². The van der Waals surface area contributed by atoms with Crippen molar-refractivity contribution in [2.45, 2.75) is 11.8 Å². The van der Waals surface area contributed by atoms with Crippen LogP contribution in [-0.2, 0) is 0 Å². The zero-order valence-corrected chi connectivity index (χ0v) is 15.7. The number of thiocyanates is 1. The van der Waals surface area contributed by atoms with E-state index in [0.29, 0.717) is 5.65 Å². The molecular formula is C21H16N4OS. The maximum absolute atomic E-state index is 9.33. The lowest BCUT2D eigenvalue weighted by atomic mass is 10.1. The molecule has 2 heterocycles. The zero-order valence-electron chi connectivity index (χ0n) is 14.9. The van der Waals surface area contributed by atoms with E-state index in [2.05, 4.69) is 10.4 Å². The number of nitriles is 1. The molecule has 0 aliphatic rings. The molecule has 0 amide bonds. The van der Waals surface area contributed by atoms with Crippen molar-refractivity contribution in [2.75, 3.05) is 7.11 Å². The average Bonchev–Trinajstić information content (AvgIpc) is 3.07. The zero-order chi connectivity index (χ0) is 18.8. The van der Waals surface area contributed by atoms with Crippen LogP contribution in [0, 0.1) is 17.6 Å². The van der Waals surface area contributed by atoms with Crippen molar-refractivity contribution in [3.8, 4) is 33.7 Å². The third-order valence-electron chi connectivity index (χ3n) is 4.26. The van der Waals surface area contributed by atoms with Gasteiger partial charge in [0.05, 0.1) is 17.7 Å². The SMILES string of the molecule is COc1ccc(-c2nn3c(-c4ccccc4)cc(C)nc3c2SC#N)cc1. The second kappa shape index (κ2) is 7.14. The van der Waals surface area contributed by atoms with Gasteiger partial charge in [0.15, 0.2) is 5.65 Å². The quantitative estimate of drug-likeness (QED) is 0.374. The smallest absolute Gasteiger partial charge is 0.171 e. The standard InChI is InChI=1S/C21H16N4OS/c1-14-12-18(15-6-4-3-5-7-15)25-21(23-14)20(27-13-22)19(24-25)16-8-10-17(26-2)11-9-16/h3-12H,1-2H3. The Bertz CT molecular complexity index is 1140. The summed E-state index contributed by atoms with van der Waals surface area (Å²) in [7, 11) is 1.63. The number of fused-ring (bicyclic) bond motifs is 1. The van der Waals surface area contributed by atoms with Gasteiger partial charge in [-0.25, -0.2) is 9.50 Å². The lowest BCUT2D eigenvalue weighted by Crippen LogP contribution is -1.98. The highest BCUT2D eigenvalue weighted by Gasteiger charge is 2.19. The molecule has 0 atom stereocenters. The summed E-state index contributed by atoms with van der Waals surface area (Å²) in [6.45, 7) is 1.95. The van der Waals surface area contributed by atoms with E-state index in [4.69, 9.17) is 9.84 Å². The van der Waals surface area contributed by atoms with Crippen LogP contribution in [0.15, 0.2) is 65.6 Å². The minimum atomic E-state index is 0.686. The molecule has 4 aromatic rings. The van der Waals surface area contributed by atoms with E-state index in [1.54, 1.807) is 7.11 Å². The van der Waals surface area contributed by atoms with Gasteiger partial charge in [-0.15, -0.1) is 0 Å². The van der Waals surface area contributed by atoms with E-state index in [9.17, 15) is 5.26 Å². The molecule has 6 heteroatoms. The molecule has 0 aliphatic heterocycles. The van der Waals surface area contributed by atoms with Crippen LogP contribution >= 0.6 is 11.8 Å². The lowest BCUT2D eigenvalue weighted by Gasteiger charge is -2.06. The fourth-order valence-electron chi connectivity index (χ4n) is 3.01. The predicted octanol–water partition coefficient (Wildman–Crippen LogP) is 4.95. The maximum Gasteiger partial charge on any atom is 0.171 e. The van der Waals surface area contributed by atoms with Gasteiger partial charge in [-0.3, -0.25) is 0 Å². The maximum atomic E-state index is 9.33. The summed E-state index contributed by atoms with van der Waals surface area (Å²) in [4.78, 5) is 5.42. The van der Waals surface area contributed by atoms with Crippen molar-refractivity contribution in [2.24, 2.45) is 0 Å². The molecule has 0 bridgehead atoms. The normalized spacial score (nSPS) is 10.7. The number of nitrogens with zero attached hydrogens (tertiary/aromatic N) is 4. The number of hydrogen-bond acceptors (Lipinski definition) is 5. The van der Waals surface area contributed by atoms with Gasteiger partial charge >= 0.3 is 0 Å². The Balaban J connectivity index is 1.99. The molecule has 5 nitrogen and oxygen atoms in total. The van der Waals surface area contributed by atoms with Crippen molar-refractivity contribution in [3.05, 3.63) is 66.4 Å². The van der Waals surface area contributed by atoms with Crippen LogP contribution in [-0.4, -0.2) is 21.7 Å². The van der Waals surface area contributed by atoms with Crippen LogP contribution in [0.1, 0.15) is 5.69 Å². The summed E-state index contributed by atoms with van der Waals surface area (Å²) in [5, 5.41) is 16.3. The van der Waals surface area contributed by atoms with Crippen LogP contribution in [0.4, 0.5) is 0 Å². The number of hydrogen-bond donors (Lipinski definition) is 0. The van der Waals surface area contributed by atoms with Gasteiger partial charge in [-0.05, 0) is 49.0 Å². The van der Waals surface area contributed by atoms with E-state index in [0.717, 1.165) is 50.6 Å². The Labute approximate surface area is 161 Å². The van der Waals surface area contributed by atoms with Crippen molar-refractivity contribution >= 4 is 17.4 Å². The van der Waals surface area contributed by atoms with Crippen molar-refractivity contribution < 1.29 is 4.74 Å². The molecule has 2 aromatic carbocycles. The van der Waals surface area contributed by atoms with Gasteiger partial charge < -0.3 is 4.74 Å². The molecule has 0 unspecified atom stereocenters. The monoisotopic (exact) mass is 372 g/mol. The Kier molecular flexibility index (Phi) is 4.53. The predicted molar refractivity (Wildman–Crippen MR) is 107 cm³/mol. The highest BCUT2D eigenvalue weighted by atomic mass is 32.2.